The Morgan fingerprint density at radius 2 is 1.88 bits per heavy atom. The highest BCUT2D eigenvalue weighted by atomic mass is 16.2. The Balaban J connectivity index is 1.48. The second kappa shape index (κ2) is 6.87. The lowest BCUT2D eigenvalue weighted by atomic mass is 10.0. The van der Waals surface area contributed by atoms with Crippen LogP contribution >= 0.6 is 0 Å². The molecule has 0 unspecified atom stereocenters. The molecule has 3 aliphatic rings. The number of carbonyl (C=O) groups excluding carboxylic acids is 2. The number of anilines is 1. The molecular formula is C19H27N5O2. The maximum atomic E-state index is 13.1. The van der Waals surface area contributed by atoms with E-state index in [0.29, 0.717) is 5.92 Å². The summed E-state index contributed by atoms with van der Waals surface area (Å²) >= 11 is 0. The van der Waals surface area contributed by atoms with Gasteiger partial charge in [-0.2, -0.15) is 0 Å². The van der Waals surface area contributed by atoms with E-state index in [1.54, 1.807) is 13.1 Å². The summed E-state index contributed by atoms with van der Waals surface area (Å²) in [4.78, 5) is 38.2. The topological polar surface area (TPSA) is 60.0 Å². The molecule has 3 fully saturated rings. The summed E-state index contributed by atoms with van der Waals surface area (Å²) < 4.78 is 0. The van der Waals surface area contributed by atoms with Crippen molar-refractivity contribution in [2.75, 3.05) is 51.2 Å². The molecule has 1 aromatic heterocycles. The van der Waals surface area contributed by atoms with Gasteiger partial charge in [-0.05, 0) is 25.6 Å². The number of likely N-dealkylation sites (tertiary alicyclic amines) is 1. The van der Waals surface area contributed by atoms with Crippen molar-refractivity contribution in [3.8, 4) is 0 Å². The van der Waals surface area contributed by atoms with E-state index in [1.807, 2.05) is 28.0 Å². The molecule has 0 spiro atoms. The number of likely N-dealkylation sites (N-methyl/N-ethyl adjacent to an activating group) is 1. The Morgan fingerprint density at radius 1 is 1.12 bits per heavy atom. The number of hydrogen-bond acceptors (Lipinski definition) is 5. The van der Waals surface area contributed by atoms with Crippen molar-refractivity contribution in [1.29, 1.82) is 0 Å². The highest BCUT2D eigenvalue weighted by Crippen LogP contribution is 2.38. The van der Waals surface area contributed by atoms with Crippen molar-refractivity contribution in [3.05, 3.63) is 24.4 Å². The zero-order chi connectivity index (χ0) is 18.3. The van der Waals surface area contributed by atoms with Gasteiger partial charge in [-0.1, -0.05) is 6.07 Å². The summed E-state index contributed by atoms with van der Waals surface area (Å²) in [6, 6.07) is 5.71. The van der Waals surface area contributed by atoms with Crippen LogP contribution in [0.3, 0.4) is 0 Å². The van der Waals surface area contributed by atoms with Crippen LogP contribution < -0.4 is 4.90 Å². The average molecular weight is 357 g/mol. The number of carbonyl (C=O) groups is 2. The van der Waals surface area contributed by atoms with Gasteiger partial charge in [0.15, 0.2) is 0 Å². The number of pyridine rings is 1. The lowest BCUT2D eigenvalue weighted by molar-refractivity contribution is -0.145. The SMILES string of the molecule is CC(=O)N1[C@@H]2CN(c3ccccn3)C[C@@H]2C[C@H]1C(=O)N1CCN(C)CC1. The summed E-state index contributed by atoms with van der Waals surface area (Å²) in [5.41, 5.74) is 0. The smallest absolute Gasteiger partial charge is 0.245 e. The number of rotatable bonds is 2. The third-order valence-electron chi connectivity index (χ3n) is 6.06. The number of piperazine rings is 1. The zero-order valence-corrected chi connectivity index (χ0v) is 15.5. The molecule has 26 heavy (non-hydrogen) atoms. The number of aromatic nitrogens is 1. The Labute approximate surface area is 154 Å². The molecule has 4 rings (SSSR count). The Hall–Kier alpha value is -2.15. The minimum Gasteiger partial charge on any atom is -0.354 e. The molecule has 4 heterocycles. The van der Waals surface area contributed by atoms with E-state index in [4.69, 9.17) is 0 Å². The molecular weight excluding hydrogens is 330 g/mol. The summed E-state index contributed by atoms with van der Waals surface area (Å²) in [5, 5.41) is 0. The molecule has 7 nitrogen and oxygen atoms in total. The molecule has 0 N–H and O–H groups in total. The molecule has 3 atom stereocenters. The number of fused-ring (bicyclic) bond motifs is 1. The van der Waals surface area contributed by atoms with E-state index in [9.17, 15) is 9.59 Å². The fourth-order valence-electron chi connectivity index (χ4n) is 4.67. The first kappa shape index (κ1) is 17.3. The minimum atomic E-state index is -0.295. The molecule has 3 aliphatic heterocycles. The van der Waals surface area contributed by atoms with Gasteiger partial charge >= 0.3 is 0 Å². The fraction of sp³-hybridized carbons (Fsp3) is 0.632. The average Bonchev–Trinajstić information content (AvgIpc) is 3.20. The second-order valence-corrected chi connectivity index (χ2v) is 7.73. The van der Waals surface area contributed by atoms with Gasteiger partial charge in [0, 0.05) is 58.3 Å². The number of nitrogens with zero attached hydrogens (tertiary/aromatic N) is 5. The number of hydrogen-bond donors (Lipinski definition) is 0. The van der Waals surface area contributed by atoms with E-state index in [2.05, 4.69) is 21.8 Å². The third-order valence-corrected chi connectivity index (χ3v) is 6.06. The Kier molecular flexibility index (Phi) is 4.56. The van der Waals surface area contributed by atoms with Gasteiger partial charge in [0.2, 0.25) is 11.8 Å². The summed E-state index contributed by atoms with van der Waals surface area (Å²) in [7, 11) is 2.08. The Bertz CT molecular complexity index is 674. The van der Waals surface area contributed by atoms with E-state index in [1.165, 1.54) is 0 Å². The fourth-order valence-corrected chi connectivity index (χ4v) is 4.67. The van der Waals surface area contributed by atoms with Crippen LogP contribution in [0.4, 0.5) is 5.82 Å². The van der Waals surface area contributed by atoms with Crippen LogP contribution in [-0.4, -0.2) is 89.9 Å². The van der Waals surface area contributed by atoms with Gasteiger partial charge in [0.25, 0.3) is 0 Å². The normalized spacial score (nSPS) is 29.2. The van der Waals surface area contributed by atoms with Crippen molar-refractivity contribution in [3.63, 3.8) is 0 Å². The Morgan fingerprint density at radius 3 is 2.54 bits per heavy atom. The predicted molar refractivity (Wildman–Crippen MR) is 98.7 cm³/mol. The third kappa shape index (κ3) is 3.05. The molecule has 140 valence electrons. The van der Waals surface area contributed by atoms with E-state index in [-0.39, 0.29) is 23.9 Å². The van der Waals surface area contributed by atoms with E-state index < -0.39 is 0 Å². The summed E-state index contributed by atoms with van der Waals surface area (Å²) in [6.45, 7) is 6.53. The second-order valence-electron chi connectivity index (χ2n) is 7.73. The van der Waals surface area contributed by atoms with Crippen molar-refractivity contribution in [2.24, 2.45) is 5.92 Å². The quantitative estimate of drug-likeness (QED) is 0.761. The molecule has 0 saturated carbocycles. The summed E-state index contributed by atoms with van der Waals surface area (Å²) in [6.07, 6.45) is 2.56. The van der Waals surface area contributed by atoms with Crippen LogP contribution in [0.25, 0.3) is 0 Å². The van der Waals surface area contributed by atoms with Gasteiger partial charge in [-0.15, -0.1) is 0 Å². The van der Waals surface area contributed by atoms with Gasteiger partial charge in [0.05, 0.1) is 6.04 Å². The van der Waals surface area contributed by atoms with Crippen LogP contribution in [0.1, 0.15) is 13.3 Å². The van der Waals surface area contributed by atoms with Gasteiger partial charge in [-0.25, -0.2) is 4.98 Å². The molecule has 3 saturated heterocycles. The van der Waals surface area contributed by atoms with Crippen LogP contribution in [0.15, 0.2) is 24.4 Å². The monoisotopic (exact) mass is 357 g/mol. The van der Waals surface area contributed by atoms with Gasteiger partial charge in [-0.3, -0.25) is 9.59 Å². The zero-order valence-electron chi connectivity index (χ0n) is 15.5. The molecule has 0 aromatic carbocycles. The first-order chi connectivity index (χ1) is 12.5. The largest absolute Gasteiger partial charge is 0.354 e. The lowest BCUT2D eigenvalue weighted by Gasteiger charge is -2.37. The maximum absolute atomic E-state index is 13.1. The van der Waals surface area contributed by atoms with Crippen molar-refractivity contribution in [1.82, 2.24) is 19.7 Å². The van der Waals surface area contributed by atoms with Crippen LogP contribution in [0.5, 0.6) is 0 Å². The highest BCUT2D eigenvalue weighted by molar-refractivity contribution is 5.88. The lowest BCUT2D eigenvalue weighted by Crippen LogP contribution is -2.55. The first-order valence-corrected chi connectivity index (χ1v) is 9.47. The highest BCUT2D eigenvalue weighted by Gasteiger charge is 2.51. The number of amides is 2. The summed E-state index contributed by atoms with van der Waals surface area (Å²) in [5.74, 6) is 1.43. The van der Waals surface area contributed by atoms with E-state index >= 15 is 0 Å². The van der Waals surface area contributed by atoms with Crippen molar-refractivity contribution in [2.45, 2.75) is 25.4 Å². The van der Waals surface area contributed by atoms with Gasteiger partial charge in [0.1, 0.15) is 11.9 Å². The predicted octanol–water partition coefficient (Wildman–Crippen LogP) is 0.281. The molecule has 7 heteroatoms. The minimum absolute atomic E-state index is 0.00727. The molecule has 0 bridgehead atoms. The molecule has 1 aromatic rings. The van der Waals surface area contributed by atoms with Gasteiger partial charge < -0.3 is 19.6 Å². The molecule has 0 aliphatic carbocycles. The van der Waals surface area contributed by atoms with E-state index in [0.717, 1.165) is 51.5 Å². The molecule has 2 amide bonds. The first-order valence-electron chi connectivity index (χ1n) is 9.47. The maximum Gasteiger partial charge on any atom is 0.245 e. The van der Waals surface area contributed by atoms with Crippen LogP contribution in [-0.2, 0) is 9.59 Å². The van der Waals surface area contributed by atoms with Crippen molar-refractivity contribution >= 4 is 17.6 Å². The standard InChI is InChI=1S/C19H27N5O2/c1-14(25)24-16(19(26)22-9-7-21(2)8-10-22)11-15-12-23(13-17(15)24)18-5-3-4-6-20-18/h3-6,15-17H,7-13H2,1-2H3/t15-,16-,17+/m0/s1. The van der Waals surface area contributed by atoms with Crippen molar-refractivity contribution < 1.29 is 9.59 Å². The van der Waals surface area contributed by atoms with Crippen LogP contribution in [0, 0.1) is 5.92 Å². The van der Waals surface area contributed by atoms with Crippen LogP contribution in [0.2, 0.25) is 0 Å². The molecule has 0 radical (unpaired) electrons.